The van der Waals surface area contributed by atoms with Crippen LogP contribution < -0.4 is 26.0 Å². The van der Waals surface area contributed by atoms with Gasteiger partial charge in [-0.1, -0.05) is 6.07 Å². The molecule has 170 valence electrons. The molecule has 1 unspecified atom stereocenters. The first kappa shape index (κ1) is 19.9. The average Bonchev–Trinajstić information content (AvgIpc) is 3.42. The predicted molar refractivity (Wildman–Crippen MR) is 121 cm³/mol. The molecule has 6 rings (SSSR count). The lowest BCUT2D eigenvalue weighted by atomic mass is 9.83. The van der Waals surface area contributed by atoms with Crippen molar-refractivity contribution in [2.75, 3.05) is 35.2 Å². The van der Waals surface area contributed by atoms with Crippen LogP contribution in [0.1, 0.15) is 41.4 Å². The summed E-state index contributed by atoms with van der Waals surface area (Å²) < 4.78 is 8.03. The van der Waals surface area contributed by atoms with Crippen LogP contribution in [0.5, 0.6) is 5.88 Å². The summed E-state index contributed by atoms with van der Waals surface area (Å²) in [6.45, 7) is 2.76. The normalized spacial score (nSPS) is 20.9. The van der Waals surface area contributed by atoms with E-state index in [1.807, 2.05) is 22.9 Å². The van der Waals surface area contributed by atoms with Crippen molar-refractivity contribution in [1.29, 1.82) is 0 Å². The van der Waals surface area contributed by atoms with Crippen LogP contribution in [0.25, 0.3) is 0 Å². The van der Waals surface area contributed by atoms with Gasteiger partial charge in [0.05, 0.1) is 18.4 Å². The molecule has 1 atom stereocenters. The summed E-state index contributed by atoms with van der Waals surface area (Å²) in [5, 5.41) is 4.26. The summed E-state index contributed by atoms with van der Waals surface area (Å²) >= 11 is 0. The molecule has 1 fully saturated rings. The molecule has 11 nitrogen and oxygen atoms in total. The zero-order valence-corrected chi connectivity index (χ0v) is 18.1. The molecule has 0 aliphatic carbocycles. The summed E-state index contributed by atoms with van der Waals surface area (Å²) in [6, 6.07) is 5.47. The molecule has 3 aliphatic rings. The van der Waals surface area contributed by atoms with Crippen molar-refractivity contribution >= 4 is 23.4 Å². The molecule has 1 saturated heterocycles. The second-order valence-electron chi connectivity index (χ2n) is 8.71. The number of carbonyl (C=O) groups excluding carboxylic acids is 1. The summed E-state index contributed by atoms with van der Waals surface area (Å²) in [7, 11) is 0. The van der Waals surface area contributed by atoms with Gasteiger partial charge in [0.15, 0.2) is 11.5 Å². The number of fused-ring (bicyclic) bond motifs is 2. The van der Waals surface area contributed by atoms with Crippen molar-refractivity contribution in [3.8, 4) is 5.88 Å². The van der Waals surface area contributed by atoms with Crippen LogP contribution in [0, 0.1) is 0 Å². The molecule has 0 aromatic carbocycles. The molecule has 0 bridgehead atoms. The molecule has 33 heavy (non-hydrogen) atoms. The van der Waals surface area contributed by atoms with E-state index in [9.17, 15) is 4.79 Å². The number of nitrogens with zero attached hydrogens (tertiary/aromatic N) is 7. The van der Waals surface area contributed by atoms with Gasteiger partial charge < -0.3 is 21.1 Å². The number of hydrogen-bond acceptors (Lipinski definition) is 9. The Bertz CT molecular complexity index is 1220. The number of nitrogens with two attached hydrogens (primary N) is 2. The quantitative estimate of drug-likeness (QED) is 0.591. The van der Waals surface area contributed by atoms with Crippen molar-refractivity contribution in [3.63, 3.8) is 0 Å². The Morgan fingerprint density at radius 1 is 1.12 bits per heavy atom. The maximum atomic E-state index is 13.1. The van der Waals surface area contributed by atoms with E-state index in [-0.39, 0.29) is 23.5 Å². The highest BCUT2D eigenvalue weighted by Gasteiger charge is 2.49. The molecule has 0 saturated carbocycles. The summed E-state index contributed by atoms with van der Waals surface area (Å²) in [5.74, 6) is 1.89. The van der Waals surface area contributed by atoms with E-state index in [4.69, 9.17) is 16.2 Å². The van der Waals surface area contributed by atoms with Gasteiger partial charge in [-0.05, 0) is 12.5 Å². The summed E-state index contributed by atoms with van der Waals surface area (Å²) in [6.07, 6.45) is 7.31. The lowest BCUT2D eigenvalue weighted by Crippen LogP contribution is -2.51. The third kappa shape index (κ3) is 3.10. The molecule has 4 N–H and O–H groups in total. The molecule has 1 amide bonds. The van der Waals surface area contributed by atoms with E-state index < -0.39 is 5.60 Å². The number of amides is 1. The van der Waals surface area contributed by atoms with Crippen molar-refractivity contribution in [3.05, 3.63) is 48.0 Å². The van der Waals surface area contributed by atoms with E-state index >= 15 is 0 Å². The van der Waals surface area contributed by atoms with Crippen LogP contribution >= 0.6 is 0 Å². The number of pyridine rings is 1. The van der Waals surface area contributed by atoms with Crippen molar-refractivity contribution in [1.82, 2.24) is 24.7 Å². The number of aromatic nitrogens is 5. The Hall–Kier alpha value is -3.73. The molecule has 3 aliphatic heterocycles. The van der Waals surface area contributed by atoms with Crippen molar-refractivity contribution in [2.45, 2.75) is 37.5 Å². The molecule has 3 aromatic heterocycles. The van der Waals surface area contributed by atoms with Crippen LogP contribution in [-0.2, 0) is 6.54 Å². The number of rotatable bonds is 2. The first-order chi connectivity index (χ1) is 16.1. The van der Waals surface area contributed by atoms with Gasteiger partial charge >= 0.3 is 0 Å². The first-order valence-electron chi connectivity index (χ1n) is 11.2. The van der Waals surface area contributed by atoms with Gasteiger partial charge in [-0.15, -0.1) is 0 Å². The second-order valence-corrected chi connectivity index (χ2v) is 8.71. The van der Waals surface area contributed by atoms with E-state index in [0.717, 1.165) is 37.2 Å². The highest BCUT2D eigenvalue weighted by molar-refractivity contribution is 6.07. The number of nitrogen functional groups attached to an aromatic ring is 1. The first-order valence-corrected chi connectivity index (χ1v) is 11.2. The minimum Gasteiger partial charge on any atom is -0.469 e. The monoisotopic (exact) mass is 447 g/mol. The molecule has 1 spiro atoms. The number of anilines is 3. The Labute approximate surface area is 190 Å². The lowest BCUT2D eigenvalue weighted by Gasteiger charge is -2.41. The third-order valence-electron chi connectivity index (χ3n) is 6.89. The van der Waals surface area contributed by atoms with Gasteiger partial charge in [0, 0.05) is 56.8 Å². The van der Waals surface area contributed by atoms with Crippen molar-refractivity contribution < 1.29 is 9.53 Å². The standard InChI is InChI=1S/C22H25N9O2/c23-18-14-3-1-7-25-20(14)33-22(18)5-11-29(12-6-22)15-13-26-17(19(24)28-15)21(32)30-9-2-10-31-16(30)4-8-27-31/h1,3-4,7-8,13,18H,2,5-6,9-12,23H2,(H2,24,28). The third-order valence-corrected chi connectivity index (χ3v) is 6.89. The molecule has 6 heterocycles. The zero-order valence-electron chi connectivity index (χ0n) is 18.1. The summed E-state index contributed by atoms with van der Waals surface area (Å²) in [5.41, 5.74) is 13.4. The summed E-state index contributed by atoms with van der Waals surface area (Å²) in [4.78, 5) is 30.1. The van der Waals surface area contributed by atoms with Crippen LogP contribution in [0.15, 0.2) is 36.8 Å². The van der Waals surface area contributed by atoms with Gasteiger partial charge in [-0.2, -0.15) is 5.10 Å². The SMILES string of the molecule is Nc1nc(N2CCC3(CC2)Oc2ncccc2C3N)cnc1C(=O)N1CCCn2nccc21. The fourth-order valence-electron chi connectivity index (χ4n) is 5.06. The van der Waals surface area contributed by atoms with Crippen LogP contribution in [0.3, 0.4) is 0 Å². The van der Waals surface area contributed by atoms with Crippen LogP contribution in [0.2, 0.25) is 0 Å². The van der Waals surface area contributed by atoms with Gasteiger partial charge in [0.25, 0.3) is 5.91 Å². The van der Waals surface area contributed by atoms with Gasteiger partial charge in [0.2, 0.25) is 5.88 Å². The Morgan fingerprint density at radius 2 is 1.97 bits per heavy atom. The molecule has 3 aromatic rings. The van der Waals surface area contributed by atoms with Gasteiger partial charge in [-0.25, -0.2) is 19.6 Å². The Kier molecular flexibility index (Phi) is 4.47. The number of ether oxygens (including phenoxy) is 1. The lowest BCUT2D eigenvalue weighted by molar-refractivity contribution is 0.0397. The van der Waals surface area contributed by atoms with E-state index in [1.54, 1.807) is 23.5 Å². The highest BCUT2D eigenvalue weighted by Crippen LogP contribution is 2.46. The number of carbonyl (C=O) groups is 1. The minimum absolute atomic E-state index is 0.125. The zero-order chi connectivity index (χ0) is 22.6. The van der Waals surface area contributed by atoms with E-state index in [0.29, 0.717) is 31.3 Å². The maximum Gasteiger partial charge on any atom is 0.281 e. The molecule has 11 heteroatoms. The highest BCUT2D eigenvalue weighted by atomic mass is 16.5. The van der Waals surface area contributed by atoms with Crippen LogP contribution in [-0.4, -0.2) is 55.9 Å². The largest absolute Gasteiger partial charge is 0.469 e. The van der Waals surface area contributed by atoms with Crippen molar-refractivity contribution in [2.24, 2.45) is 5.73 Å². The van der Waals surface area contributed by atoms with Gasteiger partial charge in [0.1, 0.15) is 17.2 Å². The maximum absolute atomic E-state index is 13.1. The number of aryl methyl sites for hydroxylation is 1. The number of hydrogen-bond donors (Lipinski definition) is 2. The van der Waals surface area contributed by atoms with Gasteiger partial charge in [-0.3, -0.25) is 9.69 Å². The molecule has 0 radical (unpaired) electrons. The average molecular weight is 448 g/mol. The van der Waals surface area contributed by atoms with E-state index in [1.165, 1.54) is 0 Å². The smallest absolute Gasteiger partial charge is 0.281 e. The second kappa shape index (κ2) is 7.41. The fourth-order valence-corrected chi connectivity index (χ4v) is 5.06. The Balaban J connectivity index is 1.18. The van der Waals surface area contributed by atoms with E-state index in [2.05, 4.69) is 25.0 Å². The molecular weight excluding hydrogens is 422 g/mol. The molecular formula is C22H25N9O2. The topological polar surface area (TPSA) is 141 Å². The fraction of sp³-hybridized carbons (Fsp3) is 0.409. The minimum atomic E-state index is -0.459. The number of piperidine rings is 1. The predicted octanol–water partition coefficient (Wildman–Crippen LogP) is 1.13. The van der Waals surface area contributed by atoms with Crippen LogP contribution in [0.4, 0.5) is 17.5 Å². The Morgan fingerprint density at radius 3 is 2.76 bits per heavy atom.